The van der Waals surface area contributed by atoms with Crippen molar-refractivity contribution in [3.63, 3.8) is 0 Å². The van der Waals surface area contributed by atoms with Gasteiger partial charge >= 0.3 is 6.09 Å². The van der Waals surface area contributed by atoms with Crippen LogP contribution in [0.5, 0.6) is 5.75 Å². The molecule has 2 heterocycles. The van der Waals surface area contributed by atoms with E-state index >= 15 is 0 Å². The number of benzene rings is 1. The first kappa shape index (κ1) is 22.9. The first-order valence-corrected chi connectivity index (χ1v) is 12.7. The molecule has 30 heavy (non-hydrogen) atoms. The standard InChI is InChI=1S/C22H34N2O5S/c1-17(2)29-22(25)23-12-8-18(9-13-23)16-28-21-6-4-19(5-7-21)20-10-14-24(15-11-20)30(3,26)27/h4-7,17-18,20H,8-16H2,1-3H3. The van der Waals surface area contributed by atoms with Crippen LogP contribution >= 0.6 is 0 Å². The number of ether oxygens (including phenoxy) is 2. The maximum Gasteiger partial charge on any atom is 0.410 e. The molecule has 0 spiro atoms. The Morgan fingerprint density at radius 2 is 1.63 bits per heavy atom. The third kappa shape index (κ3) is 6.35. The fourth-order valence-electron chi connectivity index (χ4n) is 4.13. The number of hydrogen-bond donors (Lipinski definition) is 0. The summed E-state index contributed by atoms with van der Waals surface area (Å²) in [4.78, 5) is 13.7. The number of carbonyl (C=O) groups excluding carboxylic acids is 1. The number of rotatable bonds is 6. The molecular weight excluding hydrogens is 404 g/mol. The van der Waals surface area contributed by atoms with E-state index in [2.05, 4.69) is 12.1 Å². The van der Waals surface area contributed by atoms with Crippen molar-refractivity contribution >= 4 is 16.1 Å². The van der Waals surface area contributed by atoms with Gasteiger partial charge in [-0.05, 0) is 69.1 Å². The lowest BCUT2D eigenvalue weighted by molar-refractivity contribution is 0.0608. The maximum atomic E-state index is 12.0. The van der Waals surface area contributed by atoms with Crippen LogP contribution in [-0.4, -0.2) is 68.9 Å². The minimum atomic E-state index is -3.09. The SMILES string of the molecule is CC(C)OC(=O)N1CCC(COc2ccc(C3CCN(S(C)(=O)=O)CC3)cc2)CC1. The Labute approximate surface area is 180 Å². The lowest BCUT2D eigenvalue weighted by Gasteiger charge is -2.31. The summed E-state index contributed by atoms with van der Waals surface area (Å²) in [7, 11) is -3.09. The number of sulfonamides is 1. The first-order valence-electron chi connectivity index (χ1n) is 10.9. The zero-order valence-electron chi connectivity index (χ0n) is 18.2. The van der Waals surface area contributed by atoms with Crippen LogP contribution in [0.2, 0.25) is 0 Å². The number of hydrogen-bond acceptors (Lipinski definition) is 5. The molecule has 1 aromatic rings. The first-order chi connectivity index (χ1) is 14.2. The summed E-state index contributed by atoms with van der Waals surface area (Å²) >= 11 is 0. The van der Waals surface area contributed by atoms with Crippen molar-refractivity contribution in [3.05, 3.63) is 29.8 Å². The van der Waals surface area contributed by atoms with Gasteiger partial charge in [0.1, 0.15) is 5.75 Å². The van der Waals surface area contributed by atoms with E-state index in [1.807, 2.05) is 26.0 Å². The number of likely N-dealkylation sites (tertiary alicyclic amines) is 1. The number of amides is 1. The second kappa shape index (κ2) is 10.0. The predicted molar refractivity (Wildman–Crippen MR) is 116 cm³/mol. The van der Waals surface area contributed by atoms with Crippen LogP contribution in [0.25, 0.3) is 0 Å². The van der Waals surface area contributed by atoms with E-state index in [4.69, 9.17) is 9.47 Å². The predicted octanol–water partition coefficient (Wildman–Crippen LogP) is 3.46. The molecule has 2 aliphatic rings. The van der Waals surface area contributed by atoms with E-state index in [9.17, 15) is 13.2 Å². The molecule has 2 saturated heterocycles. The molecule has 0 radical (unpaired) electrons. The molecule has 1 aromatic carbocycles. The second-order valence-corrected chi connectivity index (χ2v) is 10.7. The van der Waals surface area contributed by atoms with Gasteiger partial charge in [0, 0.05) is 26.2 Å². The van der Waals surface area contributed by atoms with Gasteiger partial charge < -0.3 is 14.4 Å². The van der Waals surface area contributed by atoms with Crippen LogP contribution in [0, 0.1) is 5.92 Å². The molecule has 0 atom stereocenters. The Kier molecular flexibility index (Phi) is 7.63. The van der Waals surface area contributed by atoms with Crippen molar-refractivity contribution in [1.82, 2.24) is 9.21 Å². The van der Waals surface area contributed by atoms with Crippen molar-refractivity contribution < 1.29 is 22.7 Å². The second-order valence-electron chi connectivity index (χ2n) is 8.68. The summed E-state index contributed by atoms with van der Waals surface area (Å²) in [5, 5.41) is 0. The molecular formula is C22H34N2O5S. The fraction of sp³-hybridized carbons (Fsp3) is 0.682. The summed E-state index contributed by atoms with van der Waals surface area (Å²) in [6, 6.07) is 8.21. The molecule has 0 aromatic heterocycles. The van der Waals surface area contributed by atoms with E-state index in [-0.39, 0.29) is 12.2 Å². The molecule has 0 N–H and O–H groups in total. The summed E-state index contributed by atoms with van der Waals surface area (Å²) in [6.07, 6.45) is 4.52. The quantitative estimate of drug-likeness (QED) is 0.680. The maximum absolute atomic E-state index is 12.0. The van der Waals surface area contributed by atoms with Gasteiger partial charge in [-0.25, -0.2) is 17.5 Å². The van der Waals surface area contributed by atoms with Gasteiger partial charge in [0.2, 0.25) is 10.0 Å². The highest BCUT2D eigenvalue weighted by atomic mass is 32.2. The molecule has 2 aliphatic heterocycles. The van der Waals surface area contributed by atoms with E-state index in [1.54, 1.807) is 9.21 Å². The monoisotopic (exact) mass is 438 g/mol. The average molecular weight is 439 g/mol. The van der Waals surface area contributed by atoms with Gasteiger partial charge in [-0.3, -0.25) is 0 Å². The van der Waals surface area contributed by atoms with Crippen LogP contribution in [0.15, 0.2) is 24.3 Å². The molecule has 2 fully saturated rings. The molecule has 168 valence electrons. The van der Waals surface area contributed by atoms with Crippen LogP contribution in [0.4, 0.5) is 4.79 Å². The van der Waals surface area contributed by atoms with E-state index in [0.29, 0.717) is 44.6 Å². The van der Waals surface area contributed by atoms with Gasteiger partial charge in [-0.15, -0.1) is 0 Å². The Morgan fingerprint density at radius 1 is 1.03 bits per heavy atom. The van der Waals surface area contributed by atoms with Crippen molar-refractivity contribution in [2.75, 3.05) is 39.0 Å². The van der Waals surface area contributed by atoms with Crippen molar-refractivity contribution in [2.45, 2.75) is 51.6 Å². The van der Waals surface area contributed by atoms with Gasteiger partial charge in [0.25, 0.3) is 0 Å². The minimum Gasteiger partial charge on any atom is -0.493 e. The smallest absolute Gasteiger partial charge is 0.410 e. The number of carbonyl (C=O) groups is 1. The Bertz CT molecular complexity index is 793. The van der Waals surface area contributed by atoms with Gasteiger partial charge in [-0.2, -0.15) is 0 Å². The fourth-order valence-corrected chi connectivity index (χ4v) is 5.00. The largest absolute Gasteiger partial charge is 0.493 e. The van der Waals surface area contributed by atoms with E-state index < -0.39 is 10.0 Å². The third-order valence-corrected chi connectivity index (χ3v) is 7.27. The Balaban J connectivity index is 1.41. The van der Waals surface area contributed by atoms with Gasteiger partial charge in [-0.1, -0.05) is 12.1 Å². The van der Waals surface area contributed by atoms with Crippen LogP contribution in [-0.2, 0) is 14.8 Å². The van der Waals surface area contributed by atoms with Crippen LogP contribution < -0.4 is 4.74 Å². The Morgan fingerprint density at radius 3 is 2.17 bits per heavy atom. The number of piperidine rings is 2. The third-order valence-electron chi connectivity index (χ3n) is 5.97. The van der Waals surface area contributed by atoms with Crippen molar-refractivity contribution in [1.29, 1.82) is 0 Å². The molecule has 7 nitrogen and oxygen atoms in total. The van der Waals surface area contributed by atoms with Gasteiger partial charge in [0.15, 0.2) is 0 Å². The van der Waals surface area contributed by atoms with E-state index in [0.717, 1.165) is 31.4 Å². The minimum absolute atomic E-state index is 0.0891. The molecule has 0 aliphatic carbocycles. The Hall–Kier alpha value is -1.80. The highest BCUT2D eigenvalue weighted by Crippen LogP contribution is 2.30. The summed E-state index contributed by atoms with van der Waals surface area (Å²) in [5.74, 6) is 1.69. The zero-order valence-corrected chi connectivity index (χ0v) is 19.1. The van der Waals surface area contributed by atoms with Crippen molar-refractivity contribution in [2.24, 2.45) is 5.92 Å². The normalized spacial score (nSPS) is 19.8. The average Bonchev–Trinajstić information content (AvgIpc) is 2.72. The highest BCUT2D eigenvalue weighted by molar-refractivity contribution is 7.88. The number of nitrogens with zero attached hydrogens (tertiary/aromatic N) is 2. The lowest BCUT2D eigenvalue weighted by Crippen LogP contribution is -2.40. The van der Waals surface area contributed by atoms with Crippen molar-refractivity contribution in [3.8, 4) is 5.75 Å². The topological polar surface area (TPSA) is 76.2 Å². The summed E-state index contributed by atoms with van der Waals surface area (Å²) in [5.41, 5.74) is 1.24. The molecule has 0 saturated carbocycles. The van der Waals surface area contributed by atoms with Gasteiger partial charge in [0.05, 0.1) is 19.0 Å². The summed E-state index contributed by atoms with van der Waals surface area (Å²) < 4.78 is 36.1. The molecule has 0 unspecified atom stereocenters. The summed E-state index contributed by atoms with van der Waals surface area (Å²) in [6.45, 7) is 6.98. The van der Waals surface area contributed by atoms with Crippen LogP contribution in [0.3, 0.4) is 0 Å². The molecule has 3 rings (SSSR count). The highest BCUT2D eigenvalue weighted by Gasteiger charge is 2.26. The molecule has 1 amide bonds. The molecule has 0 bridgehead atoms. The zero-order chi connectivity index (χ0) is 21.7. The van der Waals surface area contributed by atoms with E-state index in [1.165, 1.54) is 11.8 Å². The lowest BCUT2D eigenvalue weighted by atomic mass is 9.90. The van der Waals surface area contributed by atoms with Crippen LogP contribution in [0.1, 0.15) is 51.0 Å². The molecule has 8 heteroatoms.